The highest BCUT2D eigenvalue weighted by atomic mass is 32.2. The molecule has 0 radical (unpaired) electrons. The van der Waals surface area contributed by atoms with Crippen LogP contribution < -0.4 is 13.9 Å². The second-order valence-corrected chi connectivity index (χ2v) is 9.48. The number of rotatable bonds is 4. The Hall–Kier alpha value is -2.30. The van der Waals surface area contributed by atoms with Gasteiger partial charge in [0.25, 0.3) is 0 Å². The van der Waals surface area contributed by atoms with Gasteiger partial charge in [0.15, 0.2) is 11.6 Å². The Morgan fingerprint density at radius 1 is 0.967 bits per heavy atom. The van der Waals surface area contributed by atoms with Crippen molar-refractivity contribution < 1.29 is 21.6 Å². The summed E-state index contributed by atoms with van der Waals surface area (Å²) in [5.41, 5.74) is -0.350. The van der Waals surface area contributed by atoms with E-state index in [-0.39, 0.29) is 24.3 Å². The Labute approximate surface area is 174 Å². The van der Waals surface area contributed by atoms with Crippen molar-refractivity contribution >= 4 is 27.3 Å². The second-order valence-electron chi connectivity index (χ2n) is 7.78. The predicted octanol–water partition coefficient (Wildman–Crippen LogP) is 2.99. The first-order chi connectivity index (χ1) is 14.2. The van der Waals surface area contributed by atoms with Crippen LogP contribution in [0.15, 0.2) is 36.4 Å². The van der Waals surface area contributed by atoms with Gasteiger partial charge in [0.05, 0.1) is 11.4 Å². The molecule has 0 saturated carbocycles. The lowest BCUT2D eigenvalue weighted by Crippen LogP contribution is -2.55. The molecule has 0 spiro atoms. The summed E-state index contributed by atoms with van der Waals surface area (Å²) in [6.45, 7) is 6.25. The van der Waals surface area contributed by atoms with Gasteiger partial charge in [0, 0.05) is 50.4 Å². The first-order valence-electron chi connectivity index (χ1n) is 9.73. The van der Waals surface area contributed by atoms with E-state index in [1.807, 2.05) is 0 Å². The molecule has 0 bridgehead atoms. The lowest BCUT2D eigenvalue weighted by molar-refractivity contribution is 0.178. The van der Waals surface area contributed by atoms with Crippen molar-refractivity contribution in [3.8, 4) is 0 Å². The fourth-order valence-electron chi connectivity index (χ4n) is 4.25. The van der Waals surface area contributed by atoms with Crippen molar-refractivity contribution in [1.82, 2.24) is 10.2 Å². The Kier molecular flexibility index (Phi) is 5.41. The number of anilines is 3. The fourth-order valence-corrected chi connectivity index (χ4v) is 5.97. The van der Waals surface area contributed by atoms with E-state index < -0.39 is 33.3 Å². The zero-order valence-electron chi connectivity index (χ0n) is 16.6. The molecule has 2 heterocycles. The summed E-state index contributed by atoms with van der Waals surface area (Å²) >= 11 is 0. The average Bonchev–Trinajstić information content (AvgIpc) is 2.85. The lowest BCUT2D eigenvalue weighted by atomic mass is 10.1. The maximum absolute atomic E-state index is 14.5. The van der Waals surface area contributed by atoms with E-state index in [9.17, 15) is 21.6 Å². The second kappa shape index (κ2) is 7.75. The highest BCUT2D eigenvalue weighted by molar-refractivity contribution is 7.95. The Bertz CT molecular complexity index is 1030. The molecule has 6 nitrogen and oxygen atoms in total. The molecule has 1 N–H and O–H groups in total. The lowest BCUT2D eigenvalue weighted by Gasteiger charge is -2.36. The molecule has 1 saturated heterocycles. The first kappa shape index (κ1) is 21.0. The van der Waals surface area contributed by atoms with Crippen molar-refractivity contribution in [2.75, 3.05) is 34.8 Å². The third-order valence-electron chi connectivity index (χ3n) is 5.32. The number of fused-ring (bicyclic) bond motifs is 1. The van der Waals surface area contributed by atoms with Crippen LogP contribution in [0.4, 0.5) is 30.2 Å². The molecule has 2 aliphatic heterocycles. The molecule has 2 atom stereocenters. The van der Waals surface area contributed by atoms with E-state index in [0.717, 1.165) is 17.4 Å². The van der Waals surface area contributed by atoms with Gasteiger partial charge in [-0.25, -0.2) is 21.8 Å². The number of nitrogens with zero attached hydrogens (tertiary/aromatic N) is 3. The van der Waals surface area contributed by atoms with Gasteiger partial charge >= 0.3 is 10.2 Å². The number of piperazine rings is 1. The Balaban J connectivity index is 1.69. The van der Waals surface area contributed by atoms with Gasteiger partial charge in [-0.15, -0.1) is 0 Å². The van der Waals surface area contributed by atoms with Gasteiger partial charge in [-0.05, 0) is 26.0 Å². The highest BCUT2D eigenvalue weighted by Crippen LogP contribution is 2.46. The van der Waals surface area contributed by atoms with E-state index in [1.165, 1.54) is 6.07 Å². The predicted molar refractivity (Wildman–Crippen MR) is 110 cm³/mol. The summed E-state index contributed by atoms with van der Waals surface area (Å²) in [6.07, 6.45) is 0. The summed E-state index contributed by atoms with van der Waals surface area (Å²) in [6, 6.07) is 7.82. The van der Waals surface area contributed by atoms with Crippen molar-refractivity contribution in [2.45, 2.75) is 25.9 Å². The van der Waals surface area contributed by atoms with Crippen LogP contribution in [0.2, 0.25) is 0 Å². The van der Waals surface area contributed by atoms with Crippen LogP contribution in [0.1, 0.15) is 13.8 Å². The summed E-state index contributed by atoms with van der Waals surface area (Å²) < 4.78 is 70.8. The zero-order valence-corrected chi connectivity index (χ0v) is 17.5. The molecule has 0 aromatic heterocycles. The number of halogens is 3. The maximum atomic E-state index is 14.5. The van der Waals surface area contributed by atoms with E-state index in [1.54, 1.807) is 18.2 Å². The Morgan fingerprint density at radius 2 is 1.53 bits per heavy atom. The van der Waals surface area contributed by atoms with Crippen LogP contribution in [-0.4, -0.2) is 51.6 Å². The standard InChI is InChI=1S/C20H23F3N4O2S/c1-13-11-25(12-14(2)24-13)7-8-26-18-5-3-4-6-19(18)27(30(26,28)29)20-16(22)9-15(21)10-17(20)23/h3-6,9-10,13-14,24H,7-8,11-12H2,1-2H3/t13-,14+. The van der Waals surface area contributed by atoms with E-state index >= 15 is 0 Å². The number of nitrogens with one attached hydrogen (secondary N) is 1. The molecule has 2 aliphatic rings. The van der Waals surface area contributed by atoms with Gasteiger partial charge in [-0.3, -0.25) is 4.90 Å². The molecule has 2 aromatic rings. The highest BCUT2D eigenvalue weighted by Gasteiger charge is 2.43. The van der Waals surface area contributed by atoms with Crippen molar-refractivity contribution in [3.05, 3.63) is 53.8 Å². The summed E-state index contributed by atoms with van der Waals surface area (Å²) in [7, 11) is -4.30. The van der Waals surface area contributed by atoms with Crippen LogP contribution in [0.5, 0.6) is 0 Å². The van der Waals surface area contributed by atoms with Gasteiger partial charge in [0.1, 0.15) is 11.5 Å². The normalized spacial score (nSPS) is 23.6. The zero-order chi connectivity index (χ0) is 21.6. The third-order valence-corrected chi connectivity index (χ3v) is 7.09. The number of hydrogen-bond donors (Lipinski definition) is 1. The molecule has 2 aromatic carbocycles. The summed E-state index contributed by atoms with van der Waals surface area (Å²) in [5.74, 6) is -3.67. The van der Waals surface area contributed by atoms with Gasteiger partial charge in [-0.1, -0.05) is 12.1 Å². The molecular weight excluding hydrogens is 417 g/mol. The summed E-state index contributed by atoms with van der Waals surface area (Å²) in [4.78, 5) is 2.16. The molecular formula is C20H23F3N4O2S. The maximum Gasteiger partial charge on any atom is 0.331 e. The summed E-state index contributed by atoms with van der Waals surface area (Å²) in [5, 5.41) is 3.42. The molecule has 4 rings (SSSR count). The third kappa shape index (κ3) is 3.63. The van der Waals surface area contributed by atoms with E-state index in [4.69, 9.17) is 0 Å². The Morgan fingerprint density at radius 3 is 2.13 bits per heavy atom. The van der Waals surface area contributed by atoms with E-state index in [2.05, 4.69) is 24.1 Å². The van der Waals surface area contributed by atoms with Crippen molar-refractivity contribution in [2.24, 2.45) is 0 Å². The van der Waals surface area contributed by atoms with Crippen LogP contribution in [0.25, 0.3) is 0 Å². The minimum absolute atomic E-state index is 0.125. The molecule has 162 valence electrons. The minimum atomic E-state index is -4.30. The minimum Gasteiger partial charge on any atom is -0.309 e. The monoisotopic (exact) mass is 440 g/mol. The van der Waals surface area contributed by atoms with E-state index in [0.29, 0.717) is 28.7 Å². The number of para-hydroxylation sites is 2. The van der Waals surface area contributed by atoms with Gasteiger partial charge < -0.3 is 5.32 Å². The van der Waals surface area contributed by atoms with Crippen LogP contribution >= 0.6 is 0 Å². The van der Waals surface area contributed by atoms with Crippen molar-refractivity contribution in [1.29, 1.82) is 0 Å². The number of hydrogen-bond acceptors (Lipinski definition) is 4. The number of benzene rings is 2. The SMILES string of the molecule is C[C@@H]1CN(CCN2c3ccccc3N(c3c(F)cc(F)cc3F)S2(=O)=O)C[C@H](C)N1. The molecule has 10 heteroatoms. The molecule has 30 heavy (non-hydrogen) atoms. The molecule has 0 unspecified atom stereocenters. The quantitative estimate of drug-likeness (QED) is 0.794. The average molecular weight is 440 g/mol. The molecule has 0 aliphatic carbocycles. The van der Waals surface area contributed by atoms with Crippen molar-refractivity contribution in [3.63, 3.8) is 0 Å². The largest absolute Gasteiger partial charge is 0.331 e. The molecule has 0 amide bonds. The van der Waals surface area contributed by atoms with Gasteiger partial charge in [-0.2, -0.15) is 8.42 Å². The molecule has 1 fully saturated rings. The van der Waals surface area contributed by atoms with Crippen LogP contribution in [-0.2, 0) is 10.2 Å². The van der Waals surface area contributed by atoms with Crippen LogP contribution in [0, 0.1) is 17.5 Å². The topological polar surface area (TPSA) is 55.9 Å². The van der Waals surface area contributed by atoms with Gasteiger partial charge in [0.2, 0.25) is 0 Å². The first-order valence-corrected chi connectivity index (χ1v) is 11.1. The van der Waals surface area contributed by atoms with Crippen LogP contribution in [0.3, 0.4) is 0 Å². The smallest absolute Gasteiger partial charge is 0.309 e. The fraction of sp³-hybridized carbons (Fsp3) is 0.400.